The van der Waals surface area contributed by atoms with Crippen molar-refractivity contribution in [3.63, 3.8) is 0 Å². The summed E-state index contributed by atoms with van der Waals surface area (Å²) in [5.74, 6) is -0.215. The third-order valence-corrected chi connectivity index (χ3v) is 3.40. The van der Waals surface area contributed by atoms with E-state index in [9.17, 15) is 4.39 Å². The van der Waals surface area contributed by atoms with Gasteiger partial charge in [0.25, 0.3) is 0 Å². The van der Waals surface area contributed by atoms with Crippen LogP contribution in [0.3, 0.4) is 0 Å². The Hall–Kier alpha value is -1.86. The summed E-state index contributed by atoms with van der Waals surface area (Å²) in [6.07, 6.45) is 0.817. The smallest absolute Gasteiger partial charge is 0.123 e. The standard InChI is InChI=1S/C15H12BrFN2/c16-15-9-14(6-3-12(15)10-18)19-8-7-11-1-4-13(17)5-2-11/h1-6,9,19H,7-8H2. The summed E-state index contributed by atoms with van der Waals surface area (Å²) in [6.45, 7) is 0.754. The van der Waals surface area contributed by atoms with Gasteiger partial charge < -0.3 is 5.32 Å². The minimum atomic E-state index is -0.215. The van der Waals surface area contributed by atoms with Gasteiger partial charge in [-0.25, -0.2) is 4.39 Å². The molecule has 0 aliphatic rings. The summed E-state index contributed by atoms with van der Waals surface area (Å²) in [6, 6.07) is 14.1. The number of halogens is 2. The number of nitrogens with one attached hydrogen (secondary N) is 1. The van der Waals surface area contributed by atoms with Gasteiger partial charge in [0.2, 0.25) is 0 Å². The van der Waals surface area contributed by atoms with Gasteiger partial charge >= 0.3 is 0 Å². The molecule has 0 aromatic heterocycles. The van der Waals surface area contributed by atoms with Crippen LogP contribution in [0.15, 0.2) is 46.9 Å². The van der Waals surface area contributed by atoms with E-state index in [-0.39, 0.29) is 5.82 Å². The molecule has 0 saturated carbocycles. The second-order valence-electron chi connectivity index (χ2n) is 4.11. The Labute approximate surface area is 120 Å². The molecule has 0 amide bonds. The lowest BCUT2D eigenvalue weighted by molar-refractivity contribution is 0.627. The fraction of sp³-hybridized carbons (Fsp3) is 0.133. The lowest BCUT2D eigenvalue weighted by atomic mass is 10.1. The molecule has 0 fully saturated rings. The molecule has 0 spiro atoms. The first-order valence-corrected chi connectivity index (χ1v) is 6.66. The number of nitriles is 1. The second kappa shape index (κ2) is 6.35. The van der Waals surface area contributed by atoms with Gasteiger partial charge in [-0.05, 0) is 58.2 Å². The van der Waals surface area contributed by atoms with Crippen LogP contribution in [-0.4, -0.2) is 6.54 Å². The van der Waals surface area contributed by atoms with Gasteiger partial charge in [0.1, 0.15) is 11.9 Å². The molecule has 0 saturated heterocycles. The van der Waals surface area contributed by atoms with Gasteiger partial charge in [-0.2, -0.15) is 5.26 Å². The highest BCUT2D eigenvalue weighted by atomic mass is 79.9. The summed E-state index contributed by atoms with van der Waals surface area (Å²) in [5.41, 5.74) is 2.65. The molecule has 0 radical (unpaired) electrons. The zero-order valence-corrected chi connectivity index (χ0v) is 11.7. The van der Waals surface area contributed by atoms with Crippen LogP contribution in [0, 0.1) is 17.1 Å². The van der Waals surface area contributed by atoms with Crippen LogP contribution in [0.4, 0.5) is 10.1 Å². The molecule has 2 nitrogen and oxygen atoms in total. The Morgan fingerprint density at radius 1 is 1.16 bits per heavy atom. The first-order chi connectivity index (χ1) is 9.19. The van der Waals surface area contributed by atoms with E-state index in [0.717, 1.165) is 28.7 Å². The van der Waals surface area contributed by atoms with E-state index in [0.29, 0.717) is 5.56 Å². The van der Waals surface area contributed by atoms with Gasteiger partial charge in [-0.1, -0.05) is 12.1 Å². The van der Waals surface area contributed by atoms with Crippen molar-refractivity contribution in [1.29, 1.82) is 5.26 Å². The Morgan fingerprint density at radius 2 is 1.89 bits per heavy atom. The molecular formula is C15H12BrFN2. The molecule has 0 heterocycles. The van der Waals surface area contributed by atoms with E-state index < -0.39 is 0 Å². The van der Waals surface area contributed by atoms with Gasteiger partial charge in [0.15, 0.2) is 0 Å². The fourth-order valence-corrected chi connectivity index (χ4v) is 2.19. The topological polar surface area (TPSA) is 35.8 Å². The van der Waals surface area contributed by atoms with Gasteiger partial charge in [0, 0.05) is 16.7 Å². The minimum Gasteiger partial charge on any atom is -0.385 e. The summed E-state index contributed by atoms with van der Waals surface area (Å²) in [5, 5.41) is 12.1. The van der Waals surface area contributed by atoms with E-state index in [4.69, 9.17) is 5.26 Å². The SMILES string of the molecule is N#Cc1ccc(NCCc2ccc(F)cc2)cc1Br. The largest absolute Gasteiger partial charge is 0.385 e. The first kappa shape index (κ1) is 13.6. The monoisotopic (exact) mass is 318 g/mol. The van der Waals surface area contributed by atoms with Crippen molar-refractivity contribution in [1.82, 2.24) is 0 Å². The molecule has 19 heavy (non-hydrogen) atoms. The average molecular weight is 319 g/mol. The van der Waals surface area contributed by atoms with Crippen LogP contribution in [0.1, 0.15) is 11.1 Å². The molecule has 0 aliphatic carbocycles. The normalized spacial score (nSPS) is 9.95. The maximum absolute atomic E-state index is 12.7. The number of hydrogen-bond donors (Lipinski definition) is 1. The lowest BCUT2D eigenvalue weighted by Crippen LogP contribution is -2.04. The maximum Gasteiger partial charge on any atom is 0.123 e. The van der Waals surface area contributed by atoms with Crippen LogP contribution in [0.25, 0.3) is 0 Å². The molecule has 96 valence electrons. The molecule has 2 rings (SSSR count). The first-order valence-electron chi connectivity index (χ1n) is 5.87. The van der Waals surface area contributed by atoms with Crippen molar-refractivity contribution in [2.45, 2.75) is 6.42 Å². The highest BCUT2D eigenvalue weighted by Gasteiger charge is 2.00. The van der Waals surface area contributed by atoms with Crippen molar-refractivity contribution in [2.24, 2.45) is 0 Å². The third-order valence-electron chi connectivity index (χ3n) is 2.75. The van der Waals surface area contributed by atoms with E-state index in [2.05, 4.69) is 27.3 Å². The van der Waals surface area contributed by atoms with Crippen molar-refractivity contribution in [3.05, 3.63) is 63.9 Å². The fourth-order valence-electron chi connectivity index (χ4n) is 1.72. The maximum atomic E-state index is 12.7. The molecule has 0 bridgehead atoms. The van der Waals surface area contributed by atoms with Gasteiger partial charge in [0.05, 0.1) is 5.56 Å². The molecule has 2 aromatic carbocycles. The summed E-state index contributed by atoms with van der Waals surface area (Å²) in [7, 11) is 0. The number of rotatable bonds is 4. The highest BCUT2D eigenvalue weighted by molar-refractivity contribution is 9.10. The van der Waals surface area contributed by atoms with Crippen LogP contribution in [0.2, 0.25) is 0 Å². The zero-order valence-electron chi connectivity index (χ0n) is 10.2. The molecule has 0 unspecified atom stereocenters. The Kier molecular flexibility index (Phi) is 4.53. The second-order valence-corrected chi connectivity index (χ2v) is 4.96. The highest BCUT2D eigenvalue weighted by Crippen LogP contribution is 2.20. The van der Waals surface area contributed by atoms with E-state index >= 15 is 0 Å². The zero-order chi connectivity index (χ0) is 13.7. The van der Waals surface area contributed by atoms with Crippen LogP contribution in [0.5, 0.6) is 0 Å². The van der Waals surface area contributed by atoms with Gasteiger partial charge in [-0.3, -0.25) is 0 Å². The predicted molar refractivity (Wildman–Crippen MR) is 77.5 cm³/mol. The van der Waals surface area contributed by atoms with Crippen molar-refractivity contribution in [2.75, 3.05) is 11.9 Å². The quantitative estimate of drug-likeness (QED) is 0.920. The van der Waals surface area contributed by atoms with Crippen LogP contribution < -0.4 is 5.32 Å². The number of hydrogen-bond acceptors (Lipinski definition) is 2. The minimum absolute atomic E-state index is 0.215. The molecule has 4 heteroatoms. The van der Waals surface area contributed by atoms with Crippen LogP contribution in [-0.2, 0) is 6.42 Å². The summed E-state index contributed by atoms with van der Waals surface area (Å²) >= 11 is 3.35. The Morgan fingerprint density at radius 3 is 2.53 bits per heavy atom. The Bertz CT molecular complexity index is 603. The van der Waals surface area contributed by atoms with Gasteiger partial charge in [-0.15, -0.1) is 0 Å². The molecule has 2 aromatic rings. The van der Waals surface area contributed by atoms with E-state index in [1.165, 1.54) is 12.1 Å². The summed E-state index contributed by atoms with van der Waals surface area (Å²) < 4.78 is 13.5. The van der Waals surface area contributed by atoms with Crippen molar-refractivity contribution in [3.8, 4) is 6.07 Å². The third kappa shape index (κ3) is 3.80. The summed E-state index contributed by atoms with van der Waals surface area (Å²) in [4.78, 5) is 0. The van der Waals surface area contributed by atoms with Crippen LogP contribution >= 0.6 is 15.9 Å². The Balaban J connectivity index is 1.91. The van der Waals surface area contributed by atoms with E-state index in [1.54, 1.807) is 18.2 Å². The van der Waals surface area contributed by atoms with Crippen molar-refractivity contribution < 1.29 is 4.39 Å². The van der Waals surface area contributed by atoms with Crippen molar-refractivity contribution >= 4 is 21.6 Å². The van der Waals surface area contributed by atoms with E-state index in [1.807, 2.05) is 12.1 Å². The molecule has 0 atom stereocenters. The number of anilines is 1. The number of benzene rings is 2. The molecule has 1 N–H and O–H groups in total. The average Bonchev–Trinajstić information content (AvgIpc) is 2.41. The molecular weight excluding hydrogens is 307 g/mol. The predicted octanol–water partition coefficient (Wildman–Crippen LogP) is 4.11. The lowest BCUT2D eigenvalue weighted by Gasteiger charge is -2.07. The number of nitrogens with zero attached hydrogens (tertiary/aromatic N) is 1. The molecule has 0 aliphatic heterocycles.